The summed E-state index contributed by atoms with van der Waals surface area (Å²) in [5.74, 6) is 0.983. The minimum atomic E-state index is 0.192. The lowest BCUT2D eigenvalue weighted by Crippen LogP contribution is -2.09. The highest BCUT2D eigenvalue weighted by Gasteiger charge is 2.11. The van der Waals surface area contributed by atoms with Crippen LogP contribution in [0.5, 0.6) is 5.75 Å². The maximum absolute atomic E-state index is 11.3. The summed E-state index contributed by atoms with van der Waals surface area (Å²) in [6, 6.07) is 5.71. The van der Waals surface area contributed by atoms with E-state index in [1.54, 1.807) is 13.2 Å². The fourth-order valence-electron chi connectivity index (χ4n) is 1.79. The van der Waals surface area contributed by atoms with Crippen LogP contribution < -0.4 is 10.1 Å². The van der Waals surface area contributed by atoms with Gasteiger partial charge in [-0.15, -0.1) is 0 Å². The summed E-state index contributed by atoms with van der Waals surface area (Å²) in [5, 5.41) is 3.27. The highest BCUT2D eigenvalue weighted by atomic mass is 79.9. The molecule has 1 aliphatic carbocycles. The largest absolute Gasteiger partial charge is 0.497 e. The second kappa shape index (κ2) is 5.36. The van der Waals surface area contributed by atoms with Gasteiger partial charge in [-0.1, -0.05) is 0 Å². The summed E-state index contributed by atoms with van der Waals surface area (Å²) < 4.78 is 6.13. The molecule has 1 aliphatic rings. The van der Waals surface area contributed by atoms with Crippen LogP contribution in [0.15, 0.2) is 34.4 Å². The van der Waals surface area contributed by atoms with E-state index in [0.29, 0.717) is 6.42 Å². The van der Waals surface area contributed by atoms with E-state index >= 15 is 0 Å². The molecule has 0 atom stereocenters. The van der Waals surface area contributed by atoms with Crippen molar-refractivity contribution in [2.45, 2.75) is 19.3 Å². The van der Waals surface area contributed by atoms with Gasteiger partial charge in [-0.2, -0.15) is 0 Å². The van der Waals surface area contributed by atoms with Gasteiger partial charge in [-0.05, 0) is 40.9 Å². The van der Waals surface area contributed by atoms with E-state index in [1.165, 1.54) is 0 Å². The molecular formula is C13H14BrNO2. The van der Waals surface area contributed by atoms with Crippen LogP contribution in [0.3, 0.4) is 0 Å². The molecule has 17 heavy (non-hydrogen) atoms. The Morgan fingerprint density at radius 1 is 1.35 bits per heavy atom. The molecule has 0 spiro atoms. The topological polar surface area (TPSA) is 38.3 Å². The van der Waals surface area contributed by atoms with E-state index in [2.05, 4.69) is 21.2 Å². The number of anilines is 1. The van der Waals surface area contributed by atoms with Crippen molar-refractivity contribution in [1.29, 1.82) is 0 Å². The van der Waals surface area contributed by atoms with Crippen LogP contribution in [0, 0.1) is 0 Å². The van der Waals surface area contributed by atoms with Gasteiger partial charge < -0.3 is 10.1 Å². The molecule has 1 N–H and O–H groups in total. The summed E-state index contributed by atoms with van der Waals surface area (Å²) in [4.78, 5) is 11.3. The number of ketones is 1. The van der Waals surface area contributed by atoms with Crippen LogP contribution in [-0.4, -0.2) is 12.9 Å². The average molecular weight is 296 g/mol. The Morgan fingerprint density at radius 3 is 2.88 bits per heavy atom. The Balaban J connectivity index is 2.20. The first-order chi connectivity index (χ1) is 8.19. The number of carbonyl (C=O) groups excluding carboxylic acids is 1. The molecule has 90 valence electrons. The fraction of sp³-hybridized carbons (Fsp3) is 0.308. The Kier molecular flexibility index (Phi) is 3.84. The van der Waals surface area contributed by atoms with Crippen LogP contribution in [0.25, 0.3) is 0 Å². The zero-order valence-corrected chi connectivity index (χ0v) is 11.2. The molecule has 0 aliphatic heterocycles. The Hall–Kier alpha value is -1.29. The van der Waals surface area contributed by atoms with Crippen molar-refractivity contribution in [3.8, 4) is 5.75 Å². The normalized spacial score (nSPS) is 15.4. The zero-order valence-electron chi connectivity index (χ0n) is 9.63. The zero-order chi connectivity index (χ0) is 12.3. The molecule has 0 heterocycles. The molecular weight excluding hydrogens is 282 g/mol. The van der Waals surface area contributed by atoms with Crippen LogP contribution in [0.1, 0.15) is 19.3 Å². The van der Waals surface area contributed by atoms with Crippen molar-refractivity contribution in [1.82, 2.24) is 0 Å². The first-order valence-corrected chi connectivity index (χ1v) is 6.32. The number of hydrogen-bond donors (Lipinski definition) is 1. The summed E-state index contributed by atoms with van der Waals surface area (Å²) in [6.45, 7) is 0. The van der Waals surface area contributed by atoms with Crippen LogP contribution >= 0.6 is 15.9 Å². The molecule has 1 aromatic rings. The fourth-order valence-corrected chi connectivity index (χ4v) is 2.14. The average Bonchev–Trinajstić information content (AvgIpc) is 2.32. The maximum Gasteiger partial charge on any atom is 0.157 e. The monoisotopic (exact) mass is 295 g/mol. The first-order valence-electron chi connectivity index (χ1n) is 5.53. The van der Waals surface area contributed by atoms with Gasteiger partial charge in [0.05, 0.1) is 12.8 Å². The number of carbonyl (C=O) groups is 1. The molecule has 1 aromatic carbocycles. The Morgan fingerprint density at radius 2 is 2.18 bits per heavy atom. The quantitative estimate of drug-likeness (QED) is 0.927. The lowest BCUT2D eigenvalue weighted by atomic mass is 10.0. The first kappa shape index (κ1) is 12.2. The van der Waals surface area contributed by atoms with Crippen molar-refractivity contribution < 1.29 is 9.53 Å². The lowest BCUT2D eigenvalue weighted by molar-refractivity contribution is -0.115. The number of halogens is 1. The molecule has 4 heteroatoms. The van der Waals surface area contributed by atoms with E-state index in [-0.39, 0.29) is 5.78 Å². The second-order valence-corrected chi connectivity index (χ2v) is 4.81. The number of nitrogens with one attached hydrogen (secondary N) is 1. The number of benzene rings is 1. The molecule has 2 rings (SSSR count). The molecule has 0 unspecified atom stereocenters. The van der Waals surface area contributed by atoms with Crippen LogP contribution in [0.4, 0.5) is 5.69 Å². The number of hydrogen-bond acceptors (Lipinski definition) is 3. The van der Waals surface area contributed by atoms with Gasteiger partial charge in [0.25, 0.3) is 0 Å². The van der Waals surface area contributed by atoms with E-state index in [0.717, 1.165) is 34.4 Å². The Labute approximate surface area is 109 Å². The lowest BCUT2D eigenvalue weighted by Gasteiger charge is -2.16. The minimum Gasteiger partial charge on any atom is -0.497 e. The molecule has 0 saturated carbocycles. The third-order valence-electron chi connectivity index (χ3n) is 2.67. The van der Waals surface area contributed by atoms with Crippen LogP contribution in [0.2, 0.25) is 0 Å². The van der Waals surface area contributed by atoms with E-state index in [4.69, 9.17) is 4.74 Å². The number of methoxy groups -OCH3 is 1. The summed E-state index contributed by atoms with van der Waals surface area (Å²) in [5.41, 5.74) is 1.89. The standard InChI is InChI=1S/C13H14BrNO2/c1-17-11-5-6-12(14)13(8-11)15-9-3-2-4-10(16)7-9/h5-8,15H,2-4H2,1H3. The van der Waals surface area contributed by atoms with Crippen molar-refractivity contribution in [3.63, 3.8) is 0 Å². The number of ether oxygens (including phenoxy) is 1. The van der Waals surface area contributed by atoms with Crippen molar-refractivity contribution in [3.05, 3.63) is 34.4 Å². The molecule has 0 saturated heterocycles. The van der Waals surface area contributed by atoms with Gasteiger partial charge in [-0.3, -0.25) is 4.79 Å². The highest BCUT2D eigenvalue weighted by molar-refractivity contribution is 9.10. The molecule has 3 nitrogen and oxygen atoms in total. The number of rotatable bonds is 3. The number of allylic oxidation sites excluding steroid dienone is 2. The minimum absolute atomic E-state index is 0.192. The predicted octanol–water partition coefficient (Wildman–Crippen LogP) is 3.51. The summed E-state index contributed by atoms with van der Waals surface area (Å²) >= 11 is 3.47. The second-order valence-electron chi connectivity index (χ2n) is 3.96. The van der Waals surface area contributed by atoms with E-state index in [1.807, 2.05) is 18.2 Å². The van der Waals surface area contributed by atoms with E-state index < -0.39 is 0 Å². The van der Waals surface area contributed by atoms with Gasteiger partial charge in [0, 0.05) is 28.7 Å². The molecule has 0 radical (unpaired) electrons. The van der Waals surface area contributed by atoms with Gasteiger partial charge >= 0.3 is 0 Å². The van der Waals surface area contributed by atoms with Crippen molar-refractivity contribution in [2.75, 3.05) is 12.4 Å². The van der Waals surface area contributed by atoms with Crippen LogP contribution in [-0.2, 0) is 4.79 Å². The van der Waals surface area contributed by atoms with Gasteiger partial charge in [-0.25, -0.2) is 0 Å². The maximum atomic E-state index is 11.3. The molecule has 0 bridgehead atoms. The predicted molar refractivity (Wildman–Crippen MR) is 71.3 cm³/mol. The molecule has 0 aromatic heterocycles. The summed E-state index contributed by atoms with van der Waals surface area (Å²) in [7, 11) is 1.64. The third-order valence-corrected chi connectivity index (χ3v) is 3.36. The Bertz CT molecular complexity index is 468. The van der Waals surface area contributed by atoms with E-state index in [9.17, 15) is 4.79 Å². The summed E-state index contributed by atoms with van der Waals surface area (Å²) in [6.07, 6.45) is 4.18. The third kappa shape index (κ3) is 3.09. The van der Waals surface area contributed by atoms with Gasteiger partial charge in [0.1, 0.15) is 5.75 Å². The van der Waals surface area contributed by atoms with Gasteiger partial charge in [0.15, 0.2) is 5.78 Å². The van der Waals surface area contributed by atoms with Crippen molar-refractivity contribution in [2.24, 2.45) is 0 Å². The molecule has 0 amide bonds. The smallest absolute Gasteiger partial charge is 0.157 e. The van der Waals surface area contributed by atoms with Crippen molar-refractivity contribution >= 4 is 27.4 Å². The van der Waals surface area contributed by atoms with Gasteiger partial charge in [0.2, 0.25) is 0 Å². The highest BCUT2D eigenvalue weighted by Crippen LogP contribution is 2.29. The molecule has 0 fully saturated rings. The SMILES string of the molecule is COc1ccc(Br)c(NC2=CC(=O)CCC2)c1.